The van der Waals surface area contributed by atoms with Crippen molar-refractivity contribution < 1.29 is 9.21 Å². The Morgan fingerprint density at radius 1 is 1.28 bits per heavy atom. The summed E-state index contributed by atoms with van der Waals surface area (Å²) < 4.78 is 7.28. The average molecular weight is 336 g/mol. The number of hydrogen-bond acceptors (Lipinski definition) is 4. The predicted molar refractivity (Wildman–Crippen MR) is 94.3 cm³/mol. The second-order valence-corrected chi connectivity index (χ2v) is 6.53. The van der Waals surface area contributed by atoms with Crippen molar-refractivity contribution >= 4 is 17.1 Å². The number of carbonyl (C=O) groups is 1. The van der Waals surface area contributed by atoms with Crippen LogP contribution in [0, 0.1) is 13.8 Å². The van der Waals surface area contributed by atoms with Crippen LogP contribution in [0.25, 0.3) is 11.2 Å². The summed E-state index contributed by atoms with van der Waals surface area (Å²) in [5.74, 6) is 0.819. The number of carbonyl (C=O) groups excluding carboxylic acids is 1. The van der Waals surface area contributed by atoms with Crippen LogP contribution in [0.2, 0.25) is 0 Å². The fourth-order valence-corrected chi connectivity index (χ4v) is 3.31. The van der Waals surface area contributed by atoms with Crippen molar-refractivity contribution in [3.05, 3.63) is 58.9 Å². The molecular weight excluding hydrogens is 316 g/mol. The number of nitrogens with zero attached hydrogens (tertiary/aromatic N) is 4. The van der Waals surface area contributed by atoms with Gasteiger partial charge in [-0.15, -0.1) is 0 Å². The second kappa shape index (κ2) is 5.88. The van der Waals surface area contributed by atoms with Crippen molar-refractivity contribution in [2.45, 2.75) is 27.2 Å². The Labute approximate surface area is 145 Å². The molecule has 3 aromatic rings. The summed E-state index contributed by atoms with van der Waals surface area (Å²) in [5.41, 5.74) is 5.41. The summed E-state index contributed by atoms with van der Waals surface area (Å²) in [6.45, 7) is 7.18. The average Bonchev–Trinajstić information content (AvgIpc) is 3.24. The number of hydrogen-bond donors (Lipinski definition) is 0. The highest BCUT2D eigenvalue weighted by molar-refractivity contribution is 5.96. The molecule has 4 heterocycles. The molecule has 0 N–H and O–H groups in total. The van der Waals surface area contributed by atoms with Crippen molar-refractivity contribution in [3.8, 4) is 0 Å². The van der Waals surface area contributed by atoms with Gasteiger partial charge in [0.25, 0.3) is 5.91 Å². The highest BCUT2D eigenvalue weighted by Gasteiger charge is 2.26. The molecule has 0 saturated carbocycles. The number of furan rings is 1. The minimum Gasteiger partial charge on any atom is -0.465 e. The minimum absolute atomic E-state index is 0.0170. The molecule has 0 radical (unpaired) electrons. The van der Waals surface area contributed by atoms with E-state index in [2.05, 4.69) is 17.0 Å². The normalized spacial score (nSPS) is 15.2. The number of fused-ring (bicyclic) bond motifs is 1. The maximum absolute atomic E-state index is 13.1. The van der Waals surface area contributed by atoms with E-state index in [-0.39, 0.29) is 5.91 Å². The van der Waals surface area contributed by atoms with Crippen molar-refractivity contribution in [2.24, 2.45) is 0 Å². The van der Waals surface area contributed by atoms with E-state index in [9.17, 15) is 4.79 Å². The van der Waals surface area contributed by atoms with Gasteiger partial charge >= 0.3 is 0 Å². The molecule has 0 aliphatic carbocycles. The first-order chi connectivity index (χ1) is 12.0. The van der Waals surface area contributed by atoms with Crippen LogP contribution in [-0.2, 0) is 0 Å². The number of aromatic nitrogens is 3. The molecule has 6 heteroatoms. The molecule has 6 nitrogen and oxygen atoms in total. The Balaban J connectivity index is 1.67. The van der Waals surface area contributed by atoms with Crippen molar-refractivity contribution in [1.29, 1.82) is 0 Å². The third-order valence-electron chi connectivity index (χ3n) is 4.80. The topological polar surface area (TPSA) is 63.6 Å². The Hall–Kier alpha value is -2.89. The molecule has 1 amide bonds. The molecule has 0 spiro atoms. The quantitative estimate of drug-likeness (QED) is 0.720. The Bertz CT molecular complexity index is 982. The van der Waals surface area contributed by atoms with Crippen molar-refractivity contribution in [2.75, 3.05) is 13.1 Å². The van der Waals surface area contributed by atoms with Gasteiger partial charge in [0.2, 0.25) is 0 Å². The minimum atomic E-state index is -0.0170. The lowest BCUT2D eigenvalue weighted by Crippen LogP contribution is -2.37. The second-order valence-electron chi connectivity index (χ2n) is 6.53. The first-order valence-corrected chi connectivity index (χ1v) is 8.38. The lowest BCUT2D eigenvalue weighted by Gasteiger charge is -2.29. The standard InChI is InChI=1S/C19H20N4O2/c1-12-6-7-22(11-16(12)17-5-4-8-25-17)19(24)15-10-20-18-9-13(2)21-23(18)14(15)3/h4-5,8-10H,6-7,11H2,1-3H3. The van der Waals surface area contributed by atoms with E-state index in [1.54, 1.807) is 17.0 Å². The van der Waals surface area contributed by atoms with Crippen LogP contribution < -0.4 is 0 Å². The van der Waals surface area contributed by atoms with Crippen LogP contribution in [0.3, 0.4) is 0 Å². The van der Waals surface area contributed by atoms with Crippen LogP contribution in [0.1, 0.15) is 40.9 Å². The van der Waals surface area contributed by atoms with Crippen LogP contribution in [0.4, 0.5) is 0 Å². The Morgan fingerprint density at radius 2 is 2.12 bits per heavy atom. The molecule has 0 aromatic carbocycles. The predicted octanol–water partition coefficient (Wildman–Crippen LogP) is 3.26. The van der Waals surface area contributed by atoms with Gasteiger partial charge in [-0.1, -0.05) is 5.57 Å². The monoisotopic (exact) mass is 336 g/mol. The highest BCUT2D eigenvalue weighted by atomic mass is 16.3. The Morgan fingerprint density at radius 3 is 2.88 bits per heavy atom. The SMILES string of the molecule is CC1=C(c2ccco2)CN(C(=O)c2cnc3cc(C)nn3c2C)CC1. The lowest BCUT2D eigenvalue weighted by atomic mass is 9.99. The zero-order valence-electron chi connectivity index (χ0n) is 14.6. The molecule has 0 fully saturated rings. The van der Waals surface area contributed by atoms with Gasteiger partial charge in [-0.3, -0.25) is 4.79 Å². The van der Waals surface area contributed by atoms with Crippen LogP contribution in [0.15, 0.2) is 40.6 Å². The zero-order valence-corrected chi connectivity index (χ0v) is 14.6. The lowest BCUT2D eigenvalue weighted by molar-refractivity contribution is 0.0770. The summed E-state index contributed by atoms with van der Waals surface area (Å²) in [4.78, 5) is 19.3. The van der Waals surface area contributed by atoms with Gasteiger partial charge in [-0.2, -0.15) is 5.10 Å². The molecule has 128 valence electrons. The smallest absolute Gasteiger partial charge is 0.257 e. The van der Waals surface area contributed by atoms with Crippen LogP contribution in [0.5, 0.6) is 0 Å². The molecule has 0 atom stereocenters. The van der Waals surface area contributed by atoms with Crippen LogP contribution >= 0.6 is 0 Å². The molecule has 4 rings (SSSR count). The van der Waals surface area contributed by atoms with E-state index in [1.807, 2.05) is 36.9 Å². The fraction of sp³-hybridized carbons (Fsp3) is 0.316. The zero-order chi connectivity index (χ0) is 17.6. The molecule has 25 heavy (non-hydrogen) atoms. The van der Waals surface area contributed by atoms with Crippen LogP contribution in [-0.4, -0.2) is 38.5 Å². The molecular formula is C19H20N4O2. The first-order valence-electron chi connectivity index (χ1n) is 8.38. The molecule has 0 bridgehead atoms. The summed E-state index contributed by atoms with van der Waals surface area (Å²) in [7, 11) is 0. The van der Waals surface area contributed by atoms with E-state index in [0.29, 0.717) is 18.7 Å². The molecule has 1 aliphatic heterocycles. The molecule has 1 aliphatic rings. The number of aryl methyl sites for hydroxylation is 2. The number of rotatable bonds is 2. The van der Waals surface area contributed by atoms with Gasteiger partial charge in [0.1, 0.15) is 5.76 Å². The summed E-state index contributed by atoms with van der Waals surface area (Å²) in [6, 6.07) is 5.72. The third kappa shape index (κ3) is 2.63. The highest BCUT2D eigenvalue weighted by Crippen LogP contribution is 2.28. The maximum Gasteiger partial charge on any atom is 0.257 e. The summed E-state index contributed by atoms with van der Waals surface area (Å²) in [6.07, 6.45) is 4.17. The van der Waals surface area contributed by atoms with Crippen molar-refractivity contribution in [1.82, 2.24) is 19.5 Å². The third-order valence-corrected chi connectivity index (χ3v) is 4.80. The van der Waals surface area contributed by atoms with E-state index < -0.39 is 0 Å². The summed E-state index contributed by atoms with van der Waals surface area (Å²) in [5, 5.41) is 4.43. The van der Waals surface area contributed by atoms with E-state index in [0.717, 1.165) is 34.8 Å². The largest absolute Gasteiger partial charge is 0.465 e. The van der Waals surface area contributed by atoms with Gasteiger partial charge in [-0.05, 0) is 39.3 Å². The van der Waals surface area contributed by atoms with E-state index >= 15 is 0 Å². The van der Waals surface area contributed by atoms with Gasteiger partial charge < -0.3 is 9.32 Å². The van der Waals surface area contributed by atoms with Gasteiger partial charge in [0.05, 0.1) is 23.2 Å². The summed E-state index contributed by atoms with van der Waals surface area (Å²) >= 11 is 0. The molecule has 0 saturated heterocycles. The van der Waals surface area contributed by atoms with E-state index in [4.69, 9.17) is 4.42 Å². The fourth-order valence-electron chi connectivity index (χ4n) is 3.31. The van der Waals surface area contributed by atoms with Crippen molar-refractivity contribution in [3.63, 3.8) is 0 Å². The van der Waals surface area contributed by atoms with E-state index in [1.165, 1.54) is 5.57 Å². The van der Waals surface area contributed by atoms with Gasteiger partial charge in [-0.25, -0.2) is 9.50 Å². The molecule has 0 unspecified atom stereocenters. The molecule has 3 aromatic heterocycles. The maximum atomic E-state index is 13.1. The number of amides is 1. The Kier molecular flexibility index (Phi) is 3.67. The van der Waals surface area contributed by atoms with Gasteiger partial charge in [0, 0.05) is 30.9 Å². The van der Waals surface area contributed by atoms with Gasteiger partial charge in [0.15, 0.2) is 5.65 Å². The first kappa shape index (κ1) is 15.6.